The van der Waals surface area contributed by atoms with Gasteiger partial charge in [0, 0.05) is 53.8 Å². The number of aromatic nitrogens is 4. The van der Waals surface area contributed by atoms with Crippen LogP contribution in [0.2, 0.25) is 0 Å². The second kappa shape index (κ2) is 11.3. The van der Waals surface area contributed by atoms with Crippen LogP contribution >= 0.6 is 0 Å². The summed E-state index contributed by atoms with van der Waals surface area (Å²) in [7, 11) is 3.21. The molecule has 0 unspecified atom stereocenters. The number of benzene rings is 1. The van der Waals surface area contributed by atoms with Crippen molar-refractivity contribution in [3.05, 3.63) is 87.1 Å². The third-order valence-corrected chi connectivity index (χ3v) is 7.63. The van der Waals surface area contributed by atoms with E-state index < -0.39 is 5.60 Å². The number of rotatable bonds is 6. The van der Waals surface area contributed by atoms with Crippen molar-refractivity contribution in [3.8, 4) is 40.2 Å². The zero-order chi connectivity index (χ0) is 29.3. The average Bonchev–Trinajstić information content (AvgIpc) is 3.63. The van der Waals surface area contributed by atoms with Gasteiger partial charge in [-0.15, -0.1) is 0 Å². The zero-order valence-corrected chi connectivity index (χ0v) is 24.5. The van der Waals surface area contributed by atoms with Gasteiger partial charge in [0.1, 0.15) is 34.3 Å². The van der Waals surface area contributed by atoms with Gasteiger partial charge in [-0.3, -0.25) is 9.78 Å². The van der Waals surface area contributed by atoms with Crippen molar-refractivity contribution < 1.29 is 14.6 Å². The fourth-order valence-corrected chi connectivity index (χ4v) is 5.34. The Hall–Kier alpha value is -4.35. The molecular formula is C33H36N4O4. The molecule has 41 heavy (non-hydrogen) atoms. The van der Waals surface area contributed by atoms with E-state index >= 15 is 0 Å². The molecule has 4 aromatic rings. The van der Waals surface area contributed by atoms with Crippen LogP contribution in [0, 0.1) is 25.7 Å². The van der Waals surface area contributed by atoms with Crippen LogP contribution in [0.1, 0.15) is 79.2 Å². The maximum absolute atomic E-state index is 13.3. The number of methoxy groups -OCH3 is 1. The monoisotopic (exact) mass is 552 g/mol. The molecule has 212 valence electrons. The number of pyridine rings is 2. The highest BCUT2D eigenvalue weighted by molar-refractivity contribution is 5.79. The third-order valence-electron chi connectivity index (χ3n) is 7.63. The summed E-state index contributed by atoms with van der Waals surface area (Å²) in [5.74, 6) is 9.10. The molecule has 0 bridgehead atoms. The quantitative estimate of drug-likeness (QED) is 0.290. The van der Waals surface area contributed by atoms with Crippen LogP contribution in [0.3, 0.4) is 0 Å². The smallest absolute Gasteiger partial charge is 0.269 e. The Morgan fingerprint density at radius 1 is 1.05 bits per heavy atom. The van der Waals surface area contributed by atoms with Crippen molar-refractivity contribution in [1.82, 2.24) is 19.5 Å². The van der Waals surface area contributed by atoms with E-state index in [4.69, 9.17) is 9.47 Å². The van der Waals surface area contributed by atoms with Gasteiger partial charge in [-0.25, -0.2) is 4.98 Å². The Bertz CT molecular complexity index is 1690. The first-order valence-corrected chi connectivity index (χ1v) is 13.9. The second-order valence-corrected chi connectivity index (χ2v) is 11.3. The maximum Gasteiger partial charge on any atom is 0.269 e. The van der Waals surface area contributed by atoms with Crippen molar-refractivity contribution in [2.24, 2.45) is 7.05 Å². The number of ether oxygens (including phenoxy) is 2. The summed E-state index contributed by atoms with van der Waals surface area (Å²) < 4.78 is 13.8. The van der Waals surface area contributed by atoms with E-state index in [2.05, 4.69) is 26.8 Å². The molecule has 0 aliphatic heterocycles. The van der Waals surface area contributed by atoms with Crippen LogP contribution < -0.4 is 15.0 Å². The lowest BCUT2D eigenvalue weighted by atomic mass is 9.93. The second-order valence-electron chi connectivity index (χ2n) is 11.3. The maximum atomic E-state index is 13.3. The minimum atomic E-state index is -1.11. The molecule has 1 saturated carbocycles. The first-order chi connectivity index (χ1) is 19.6. The topological polar surface area (TPSA) is 102 Å². The molecule has 1 aromatic carbocycles. The molecule has 1 aliphatic carbocycles. The van der Waals surface area contributed by atoms with Gasteiger partial charge in [0.2, 0.25) is 0 Å². The number of nitrogens with zero attached hydrogens (tertiary/aromatic N) is 3. The standard InChI is InChI=1S/C33H36N4O4/c1-20-16-34-17-21(2)29(20)41-28-14-11-23(33(3,4)39)15-26(28)27-19-37(5)32(38)25(30(27)40-6)13-12-24-18-35-31(36-24)22-9-7-8-10-22/h11,14-19,22,39H,7-10H2,1-6H3,(H,35,36). The highest BCUT2D eigenvalue weighted by atomic mass is 16.5. The van der Waals surface area contributed by atoms with E-state index in [9.17, 15) is 9.90 Å². The van der Waals surface area contributed by atoms with Crippen LogP contribution in [-0.4, -0.2) is 31.7 Å². The molecule has 0 spiro atoms. The van der Waals surface area contributed by atoms with Crippen LogP contribution in [0.25, 0.3) is 11.1 Å². The molecule has 1 fully saturated rings. The van der Waals surface area contributed by atoms with E-state index in [0.29, 0.717) is 45.6 Å². The fraction of sp³-hybridized carbons (Fsp3) is 0.364. The number of H-pyrrole nitrogens is 1. The summed E-state index contributed by atoms with van der Waals surface area (Å²) >= 11 is 0. The fourth-order valence-electron chi connectivity index (χ4n) is 5.34. The molecule has 0 amide bonds. The SMILES string of the molecule is COc1c(-c2cc(C(C)(C)O)ccc2Oc2c(C)cncc2C)cn(C)c(=O)c1C#Cc1cnc(C2CCCC2)[nH]1. The van der Waals surface area contributed by atoms with Gasteiger partial charge in [-0.2, -0.15) is 0 Å². The van der Waals surface area contributed by atoms with Gasteiger partial charge in [0.15, 0.2) is 0 Å². The summed E-state index contributed by atoms with van der Waals surface area (Å²) in [5.41, 5.74) is 3.21. The van der Waals surface area contributed by atoms with Gasteiger partial charge in [0.25, 0.3) is 5.56 Å². The number of aliphatic hydroxyl groups is 1. The van der Waals surface area contributed by atoms with E-state index in [0.717, 1.165) is 29.8 Å². The largest absolute Gasteiger partial charge is 0.495 e. The summed E-state index contributed by atoms with van der Waals surface area (Å²) in [6.07, 6.45) is 11.6. The third kappa shape index (κ3) is 5.77. The molecule has 8 nitrogen and oxygen atoms in total. The highest BCUT2D eigenvalue weighted by Crippen LogP contribution is 2.42. The summed E-state index contributed by atoms with van der Waals surface area (Å²) in [6.45, 7) is 7.33. The van der Waals surface area contributed by atoms with Gasteiger partial charge in [-0.1, -0.05) is 24.8 Å². The molecular weight excluding hydrogens is 516 g/mol. The van der Waals surface area contributed by atoms with Crippen LogP contribution in [0.15, 0.2) is 47.8 Å². The number of hydrogen-bond acceptors (Lipinski definition) is 6. The van der Waals surface area contributed by atoms with Crippen molar-refractivity contribution in [1.29, 1.82) is 0 Å². The minimum absolute atomic E-state index is 0.223. The molecule has 3 aromatic heterocycles. The molecule has 0 atom stereocenters. The Balaban J connectivity index is 1.65. The molecule has 1 aliphatic rings. The number of nitrogens with one attached hydrogen (secondary N) is 1. The Morgan fingerprint density at radius 3 is 2.41 bits per heavy atom. The van der Waals surface area contributed by atoms with E-state index in [1.54, 1.807) is 45.7 Å². The molecule has 0 saturated heterocycles. The van der Waals surface area contributed by atoms with Crippen molar-refractivity contribution in [3.63, 3.8) is 0 Å². The van der Waals surface area contributed by atoms with Crippen LogP contribution in [0.5, 0.6) is 17.2 Å². The first-order valence-electron chi connectivity index (χ1n) is 13.9. The highest BCUT2D eigenvalue weighted by Gasteiger charge is 2.24. The Morgan fingerprint density at radius 2 is 1.76 bits per heavy atom. The summed E-state index contributed by atoms with van der Waals surface area (Å²) in [4.78, 5) is 25.5. The van der Waals surface area contributed by atoms with Crippen molar-refractivity contribution in [2.75, 3.05) is 7.11 Å². The zero-order valence-electron chi connectivity index (χ0n) is 24.5. The lowest BCUT2D eigenvalue weighted by molar-refractivity contribution is 0.0786. The van der Waals surface area contributed by atoms with Crippen LogP contribution in [-0.2, 0) is 12.6 Å². The lowest BCUT2D eigenvalue weighted by Gasteiger charge is -2.22. The van der Waals surface area contributed by atoms with Gasteiger partial charge >= 0.3 is 0 Å². The number of aryl methyl sites for hydroxylation is 3. The summed E-state index contributed by atoms with van der Waals surface area (Å²) in [6, 6.07) is 5.52. The molecule has 8 heteroatoms. The number of imidazole rings is 1. The molecule has 5 rings (SSSR count). The minimum Gasteiger partial charge on any atom is -0.495 e. The molecule has 3 heterocycles. The summed E-state index contributed by atoms with van der Waals surface area (Å²) in [5, 5.41) is 10.8. The normalized spacial score (nSPS) is 13.6. The molecule has 0 radical (unpaired) electrons. The molecule has 2 N–H and O–H groups in total. The van der Waals surface area contributed by atoms with Crippen LogP contribution in [0.4, 0.5) is 0 Å². The van der Waals surface area contributed by atoms with Crippen molar-refractivity contribution in [2.45, 2.75) is 64.9 Å². The average molecular weight is 553 g/mol. The van der Waals surface area contributed by atoms with Crippen molar-refractivity contribution >= 4 is 0 Å². The van der Waals surface area contributed by atoms with E-state index in [1.165, 1.54) is 24.5 Å². The predicted octanol–water partition coefficient (Wildman–Crippen LogP) is 5.87. The predicted molar refractivity (Wildman–Crippen MR) is 158 cm³/mol. The van der Waals surface area contributed by atoms with E-state index in [1.807, 2.05) is 32.0 Å². The Labute approximate surface area is 240 Å². The van der Waals surface area contributed by atoms with Gasteiger partial charge < -0.3 is 24.1 Å². The van der Waals surface area contributed by atoms with E-state index in [-0.39, 0.29) is 11.1 Å². The van der Waals surface area contributed by atoms with Gasteiger partial charge in [-0.05, 0) is 64.2 Å². The number of hydrogen-bond donors (Lipinski definition) is 2. The lowest BCUT2D eigenvalue weighted by Crippen LogP contribution is -2.21. The first kappa shape index (κ1) is 28.2. The van der Waals surface area contributed by atoms with Gasteiger partial charge in [0.05, 0.1) is 18.9 Å². The number of aromatic amines is 1. The Kier molecular flexibility index (Phi) is 7.74.